The average Bonchev–Trinajstić information content (AvgIpc) is 3.21. The highest BCUT2D eigenvalue weighted by Gasteiger charge is 2.30. The lowest BCUT2D eigenvalue weighted by Gasteiger charge is -2.35. The molecule has 1 aliphatic heterocycles. The van der Waals surface area contributed by atoms with Crippen LogP contribution >= 0.6 is 15.9 Å². The summed E-state index contributed by atoms with van der Waals surface area (Å²) in [5.74, 6) is 0.948. The summed E-state index contributed by atoms with van der Waals surface area (Å²) >= 11 is 3.54. The number of piperazine rings is 1. The molecule has 0 amide bonds. The first kappa shape index (κ1) is 12.6. The number of hydrogen-bond donors (Lipinski definition) is 1. The molecule has 3 nitrogen and oxygen atoms in total. The first-order valence-electron chi connectivity index (χ1n) is 6.88. The smallest absolute Gasteiger partial charge is 0.0410 e. The van der Waals surface area contributed by atoms with Gasteiger partial charge in [0.05, 0.1) is 0 Å². The number of rotatable bonds is 4. The molecule has 98 valence electrons. The van der Waals surface area contributed by atoms with Crippen LogP contribution < -0.4 is 5.32 Å². The van der Waals surface area contributed by atoms with Gasteiger partial charge in [-0.1, -0.05) is 12.8 Å². The van der Waals surface area contributed by atoms with E-state index >= 15 is 0 Å². The number of nitrogens with zero attached hydrogens (tertiary/aromatic N) is 2. The summed E-state index contributed by atoms with van der Waals surface area (Å²) in [5, 5.41) is 3.43. The minimum atomic E-state index is 0.560. The van der Waals surface area contributed by atoms with Gasteiger partial charge in [-0.25, -0.2) is 0 Å². The lowest BCUT2D eigenvalue weighted by Crippen LogP contribution is -2.45. The molecule has 18 heavy (non-hydrogen) atoms. The van der Waals surface area contributed by atoms with Gasteiger partial charge in [-0.15, -0.1) is 0 Å². The zero-order chi connectivity index (χ0) is 12.4. The monoisotopic (exact) mass is 309 g/mol. The Kier molecular flexibility index (Phi) is 3.97. The van der Waals surface area contributed by atoms with E-state index in [1.165, 1.54) is 24.8 Å². The normalized spacial score (nSPS) is 22.9. The Morgan fingerprint density at radius 3 is 2.78 bits per heavy atom. The van der Waals surface area contributed by atoms with Crippen molar-refractivity contribution in [2.75, 3.05) is 26.2 Å². The minimum absolute atomic E-state index is 0.560. The minimum Gasteiger partial charge on any atom is -0.314 e. The van der Waals surface area contributed by atoms with Crippen molar-refractivity contribution in [1.29, 1.82) is 0 Å². The van der Waals surface area contributed by atoms with Crippen molar-refractivity contribution in [3.8, 4) is 0 Å². The maximum atomic E-state index is 4.34. The standard InChI is InChI=1S/C14H20BrN3/c15-13-8-12(9-17-10-13)14(7-11-1-2-11)18-5-3-16-4-6-18/h8-11,14,16H,1-7H2/t14-/m1/s1. The van der Waals surface area contributed by atoms with Crippen molar-refractivity contribution in [3.05, 3.63) is 28.5 Å². The fraction of sp³-hybridized carbons (Fsp3) is 0.643. The van der Waals surface area contributed by atoms with Crippen LogP contribution in [0.1, 0.15) is 30.9 Å². The molecule has 3 rings (SSSR count). The highest BCUT2D eigenvalue weighted by Crippen LogP contribution is 2.40. The van der Waals surface area contributed by atoms with E-state index in [1.54, 1.807) is 0 Å². The number of pyridine rings is 1. The summed E-state index contributed by atoms with van der Waals surface area (Å²) in [7, 11) is 0. The second-order valence-corrected chi connectivity index (χ2v) is 6.33. The third-order valence-corrected chi connectivity index (χ3v) is 4.39. The average molecular weight is 310 g/mol. The Balaban J connectivity index is 1.78. The van der Waals surface area contributed by atoms with Crippen molar-refractivity contribution in [3.63, 3.8) is 0 Å². The van der Waals surface area contributed by atoms with E-state index in [2.05, 4.69) is 37.2 Å². The number of aromatic nitrogens is 1. The lowest BCUT2D eigenvalue weighted by atomic mass is 10.0. The van der Waals surface area contributed by atoms with E-state index in [0.717, 1.165) is 36.6 Å². The van der Waals surface area contributed by atoms with Gasteiger partial charge in [0.2, 0.25) is 0 Å². The van der Waals surface area contributed by atoms with Crippen molar-refractivity contribution >= 4 is 15.9 Å². The van der Waals surface area contributed by atoms with Crippen LogP contribution in [0.2, 0.25) is 0 Å². The molecule has 2 aliphatic rings. The quantitative estimate of drug-likeness (QED) is 0.926. The topological polar surface area (TPSA) is 28.2 Å². The summed E-state index contributed by atoms with van der Waals surface area (Å²) in [6.45, 7) is 4.54. The van der Waals surface area contributed by atoms with Crippen molar-refractivity contribution in [2.24, 2.45) is 5.92 Å². The van der Waals surface area contributed by atoms with Crippen LogP contribution in [0.15, 0.2) is 22.9 Å². The molecule has 1 aromatic rings. The molecule has 0 spiro atoms. The fourth-order valence-electron chi connectivity index (χ4n) is 2.77. The van der Waals surface area contributed by atoms with Crippen molar-refractivity contribution < 1.29 is 0 Å². The van der Waals surface area contributed by atoms with Crippen LogP contribution in [0.3, 0.4) is 0 Å². The van der Waals surface area contributed by atoms with Crippen molar-refractivity contribution in [1.82, 2.24) is 15.2 Å². The van der Waals surface area contributed by atoms with Gasteiger partial charge in [-0.2, -0.15) is 0 Å². The van der Waals surface area contributed by atoms with Gasteiger partial charge in [0.1, 0.15) is 0 Å². The van der Waals surface area contributed by atoms with Crippen LogP contribution in [0.4, 0.5) is 0 Å². The predicted octanol–water partition coefficient (Wildman–Crippen LogP) is 2.59. The molecule has 2 heterocycles. The molecule has 1 saturated heterocycles. The highest BCUT2D eigenvalue weighted by molar-refractivity contribution is 9.10. The van der Waals surface area contributed by atoms with Gasteiger partial charge in [-0.3, -0.25) is 9.88 Å². The fourth-order valence-corrected chi connectivity index (χ4v) is 3.15. The maximum Gasteiger partial charge on any atom is 0.0410 e. The van der Waals surface area contributed by atoms with Crippen LogP contribution in [0.5, 0.6) is 0 Å². The molecule has 0 aromatic carbocycles. The summed E-state index contributed by atoms with van der Waals surface area (Å²) in [6.07, 6.45) is 8.06. The van der Waals surface area contributed by atoms with Crippen molar-refractivity contribution in [2.45, 2.75) is 25.3 Å². The Morgan fingerprint density at radius 2 is 2.11 bits per heavy atom. The Labute approximate surface area is 117 Å². The summed E-state index contributed by atoms with van der Waals surface area (Å²) in [4.78, 5) is 6.96. The van der Waals surface area contributed by atoms with E-state index in [0.29, 0.717) is 6.04 Å². The largest absolute Gasteiger partial charge is 0.314 e. The Bertz CT molecular complexity index is 400. The van der Waals surface area contributed by atoms with E-state index in [-0.39, 0.29) is 0 Å². The molecule has 1 N–H and O–H groups in total. The predicted molar refractivity (Wildman–Crippen MR) is 76.5 cm³/mol. The van der Waals surface area contributed by atoms with Crippen LogP contribution in [-0.4, -0.2) is 36.1 Å². The molecule has 1 aromatic heterocycles. The molecular weight excluding hydrogens is 290 g/mol. The zero-order valence-corrected chi connectivity index (χ0v) is 12.2. The second-order valence-electron chi connectivity index (χ2n) is 5.42. The summed E-state index contributed by atoms with van der Waals surface area (Å²) in [6, 6.07) is 2.80. The van der Waals surface area contributed by atoms with Crippen LogP contribution in [0.25, 0.3) is 0 Å². The molecule has 2 fully saturated rings. The molecular formula is C14H20BrN3. The molecule has 0 radical (unpaired) electrons. The van der Waals surface area contributed by atoms with E-state index < -0.39 is 0 Å². The van der Waals surface area contributed by atoms with Gasteiger partial charge in [0.15, 0.2) is 0 Å². The molecule has 1 saturated carbocycles. The van der Waals surface area contributed by atoms with Gasteiger partial charge >= 0.3 is 0 Å². The number of halogens is 1. The maximum absolute atomic E-state index is 4.34. The van der Waals surface area contributed by atoms with E-state index in [4.69, 9.17) is 0 Å². The Hall–Kier alpha value is -0.450. The lowest BCUT2D eigenvalue weighted by molar-refractivity contribution is 0.160. The van der Waals surface area contributed by atoms with Crippen LogP contribution in [0, 0.1) is 5.92 Å². The Morgan fingerprint density at radius 1 is 1.33 bits per heavy atom. The molecule has 4 heteroatoms. The van der Waals surface area contributed by atoms with Crippen LogP contribution in [-0.2, 0) is 0 Å². The number of hydrogen-bond acceptors (Lipinski definition) is 3. The zero-order valence-electron chi connectivity index (χ0n) is 10.6. The van der Waals surface area contributed by atoms with E-state index in [9.17, 15) is 0 Å². The second kappa shape index (κ2) is 5.68. The summed E-state index contributed by atoms with van der Waals surface area (Å²) < 4.78 is 1.09. The molecule has 0 unspecified atom stereocenters. The van der Waals surface area contributed by atoms with Gasteiger partial charge in [0.25, 0.3) is 0 Å². The summed E-state index contributed by atoms with van der Waals surface area (Å²) in [5.41, 5.74) is 1.37. The molecule has 1 aliphatic carbocycles. The van der Waals surface area contributed by atoms with Gasteiger partial charge < -0.3 is 5.32 Å². The third-order valence-electron chi connectivity index (χ3n) is 3.96. The highest BCUT2D eigenvalue weighted by atomic mass is 79.9. The van der Waals surface area contributed by atoms with Gasteiger partial charge in [0, 0.05) is 49.1 Å². The first-order chi connectivity index (χ1) is 8.83. The first-order valence-corrected chi connectivity index (χ1v) is 7.67. The molecule has 0 bridgehead atoms. The SMILES string of the molecule is Brc1cncc([C@@H](CC2CC2)N2CCNCC2)c1. The van der Waals surface area contributed by atoms with E-state index in [1.807, 2.05) is 12.4 Å². The number of nitrogens with one attached hydrogen (secondary N) is 1. The third kappa shape index (κ3) is 3.11. The van der Waals surface area contributed by atoms with Gasteiger partial charge in [-0.05, 0) is 39.9 Å². The molecule has 1 atom stereocenters.